The van der Waals surface area contributed by atoms with E-state index in [1.165, 1.54) is 66.8 Å². The molecule has 10 aromatic carbocycles. The number of hydrogen-bond donors (Lipinski definition) is 0. The molecular formula is C76H59NO3. The number of hydrogen-bond acceptors (Lipinski definition) is 4. The summed E-state index contributed by atoms with van der Waals surface area (Å²) < 4.78 is 20.9. The summed E-state index contributed by atoms with van der Waals surface area (Å²) in [6.07, 6.45) is 6.72. The highest BCUT2D eigenvalue weighted by Crippen LogP contribution is 2.67. The zero-order valence-corrected chi connectivity index (χ0v) is 45.8. The lowest BCUT2D eigenvalue weighted by atomic mass is 9.64. The number of anilines is 3. The molecule has 0 saturated carbocycles. The molecule has 3 aliphatic carbocycles. The summed E-state index contributed by atoms with van der Waals surface area (Å²) in [5, 5.41) is 0. The molecule has 386 valence electrons. The van der Waals surface area contributed by atoms with E-state index in [9.17, 15) is 0 Å². The number of benzene rings is 10. The van der Waals surface area contributed by atoms with Gasteiger partial charge in [0.15, 0.2) is 0 Å². The van der Waals surface area contributed by atoms with Crippen LogP contribution in [0, 0.1) is 0 Å². The normalized spacial score (nSPS) is 17.4. The third-order valence-corrected chi connectivity index (χ3v) is 18.4. The minimum atomic E-state index is -0.732. The molecule has 4 heteroatoms. The van der Waals surface area contributed by atoms with Crippen molar-refractivity contribution in [2.45, 2.75) is 75.0 Å². The van der Waals surface area contributed by atoms with E-state index in [0.29, 0.717) is 0 Å². The smallest absolute Gasteiger partial charge is 0.132 e. The Morgan fingerprint density at radius 2 is 0.850 bits per heavy atom. The maximum Gasteiger partial charge on any atom is 0.132 e. The van der Waals surface area contributed by atoms with Crippen molar-refractivity contribution >= 4 is 17.1 Å². The van der Waals surface area contributed by atoms with Crippen molar-refractivity contribution in [2.75, 3.05) is 4.90 Å². The predicted molar refractivity (Wildman–Crippen MR) is 323 cm³/mol. The summed E-state index contributed by atoms with van der Waals surface area (Å²) in [5.74, 6) is 5.34. The quantitative estimate of drug-likeness (QED) is 0.176. The second kappa shape index (κ2) is 16.7. The van der Waals surface area contributed by atoms with Crippen LogP contribution >= 0.6 is 0 Å². The second-order valence-electron chi connectivity index (χ2n) is 24.6. The highest BCUT2D eigenvalue weighted by Gasteiger charge is 2.54. The zero-order valence-electron chi connectivity index (χ0n) is 45.8. The Morgan fingerprint density at radius 1 is 0.375 bits per heavy atom. The Hall–Kier alpha value is -9.12. The van der Waals surface area contributed by atoms with Crippen molar-refractivity contribution in [1.29, 1.82) is 0 Å². The minimum Gasteiger partial charge on any atom is -0.461 e. The van der Waals surface area contributed by atoms with Crippen LogP contribution in [0.1, 0.15) is 120 Å². The van der Waals surface area contributed by atoms with Crippen molar-refractivity contribution in [3.8, 4) is 51.0 Å². The van der Waals surface area contributed by atoms with E-state index in [2.05, 4.69) is 283 Å². The average Bonchev–Trinajstić information content (AvgIpc) is 3.08. The third kappa shape index (κ3) is 6.33. The van der Waals surface area contributed by atoms with E-state index in [1.54, 1.807) is 0 Å². The van der Waals surface area contributed by atoms with Gasteiger partial charge in [-0.1, -0.05) is 205 Å². The number of para-hydroxylation sites is 3. The van der Waals surface area contributed by atoms with Crippen molar-refractivity contribution in [1.82, 2.24) is 0 Å². The molecule has 10 aromatic rings. The molecule has 0 fully saturated rings. The van der Waals surface area contributed by atoms with Gasteiger partial charge in [0.25, 0.3) is 0 Å². The summed E-state index contributed by atoms with van der Waals surface area (Å²) in [6, 6.07) is 81.4. The van der Waals surface area contributed by atoms with Crippen molar-refractivity contribution in [3.63, 3.8) is 0 Å². The van der Waals surface area contributed by atoms with Gasteiger partial charge in [-0.25, -0.2) is 0 Å². The molecule has 0 aromatic heterocycles. The van der Waals surface area contributed by atoms with E-state index in [-0.39, 0.29) is 22.7 Å². The van der Waals surface area contributed by atoms with Gasteiger partial charge in [-0.2, -0.15) is 0 Å². The third-order valence-electron chi connectivity index (χ3n) is 18.4. The number of ether oxygens (including phenoxy) is 3. The van der Waals surface area contributed by atoms with E-state index >= 15 is 0 Å². The molecule has 0 radical (unpaired) electrons. The number of fused-ring (bicyclic) bond motifs is 21. The summed E-state index contributed by atoms with van der Waals surface area (Å²) in [7, 11) is 0. The van der Waals surface area contributed by atoms with Crippen LogP contribution in [0.3, 0.4) is 0 Å². The predicted octanol–water partition coefficient (Wildman–Crippen LogP) is 19.4. The Morgan fingerprint density at radius 3 is 1.50 bits per heavy atom. The molecule has 2 spiro atoms. The highest BCUT2D eigenvalue weighted by molar-refractivity contribution is 5.99. The fourth-order valence-corrected chi connectivity index (χ4v) is 14.8. The monoisotopic (exact) mass is 1030 g/mol. The van der Waals surface area contributed by atoms with Crippen LogP contribution in [0.2, 0.25) is 0 Å². The van der Waals surface area contributed by atoms with Gasteiger partial charge >= 0.3 is 0 Å². The Balaban J connectivity index is 1.01. The van der Waals surface area contributed by atoms with Gasteiger partial charge in [-0.05, 0) is 139 Å². The molecule has 0 saturated heterocycles. The molecule has 6 aliphatic rings. The molecule has 3 aliphatic heterocycles. The lowest BCUT2D eigenvalue weighted by Gasteiger charge is -2.41. The average molecular weight is 1030 g/mol. The maximum absolute atomic E-state index is 7.12. The summed E-state index contributed by atoms with van der Waals surface area (Å²) in [5.41, 5.74) is 21.0. The highest BCUT2D eigenvalue weighted by atomic mass is 16.5. The van der Waals surface area contributed by atoms with E-state index in [0.717, 1.165) is 73.8 Å². The van der Waals surface area contributed by atoms with E-state index in [4.69, 9.17) is 14.2 Å². The first-order valence-corrected chi connectivity index (χ1v) is 28.3. The van der Waals surface area contributed by atoms with Crippen molar-refractivity contribution in [2.24, 2.45) is 0 Å². The zero-order chi connectivity index (χ0) is 53.9. The van der Waals surface area contributed by atoms with Gasteiger partial charge in [0.1, 0.15) is 34.5 Å². The van der Waals surface area contributed by atoms with E-state index < -0.39 is 10.8 Å². The molecule has 0 bridgehead atoms. The lowest BCUT2D eigenvalue weighted by Crippen LogP contribution is -2.33. The number of rotatable bonds is 4. The molecule has 80 heavy (non-hydrogen) atoms. The summed E-state index contributed by atoms with van der Waals surface area (Å²) in [6.45, 7) is 13.9. The standard InChI is InChI=1S/C76H59NO3/c1-73(2,3)46-37-40-67-60(43-46)76(61-44-47(74(4,5)6)38-41-68(61)80-67)57-29-14-9-24-53(57)72-59(76)31-20-33-64(72)77(63-32-16-10-23-51(63)52-26-19-36-70-71(52)54-25-11-17-34-65(54)78-70)48-39-42-69-62(45-48)75(58-30-15-18-35-66(58)79-69)55-27-12-7-21-49(55)50-22-8-13-28-56(50)75/h7-45,52,71H,1-6H3. The van der Waals surface area contributed by atoms with Crippen LogP contribution in [0.25, 0.3) is 22.3 Å². The maximum atomic E-state index is 7.12. The minimum absolute atomic E-state index is 0.00264. The Kier molecular flexibility index (Phi) is 9.80. The number of allylic oxidation sites excluding steroid dienone is 4. The van der Waals surface area contributed by atoms with Crippen molar-refractivity contribution in [3.05, 3.63) is 309 Å². The molecule has 0 N–H and O–H groups in total. The first kappa shape index (κ1) is 46.9. The SMILES string of the molecule is CC(C)(C)c1ccc2c(c1)C1(c3cc(C(C)(C)C)ccc3O2)c2ccccc2-c2c(N(c3ccc4c(c3)C3(c5ccccc5O4)c4ccccc4-c4ccccc43)c3ccccc3C3C=CC=C4Oc5ccccc5C43)cccc21. The largest absolute Gasteiger partial charge is 0.461 e. The van der Waals surface area contributed by atoms with Crippen LogP contribution in [-0.4, -0.2) is 0 Å². The van der Waals surface area contributed by atoms with Gasteiger partial charge in [-0.15, -0.1) is 0 Å². The number of nitrogens with zero attached hydrogens (tertiary/aromatic N) is 1. The van der Waals surface area contributed by atoms with Crippen LogP contribution in [0.5, 0.6) is 28.7 Å². The van der Waals surface area contributed by atoms with Gasteiger partial charge in [0.05, 0.1) is 22.4 Å². The topological polar surface area (TPSA) is 30.9 Å². The van der Waals surface area contributed by atoms with Gasteiger partial charge < -0.3 is 19.1 Å². The molecular weight excluding hydrogens is 975 g/mol. The van der Waals surface area contributed by atoms with E-state index in [1.807, 2.05) is 0 Å². The van der Waals surface area contributed by atoms with Crippen LogP contribution < -0.4 is 19.1 Å². The fraction of sp³-hybridized carbons (Fsp3) is 0.158. The van der Waals surface area contributed by atoms with Crippen molar-refractivity contribution < 1.29 is 14.2 Å². The first-order chi connectivity index (χ1) is 38.9. The Labute approximate surface area is 468 Å². The summed E-state index contributed by atoms with van der Waals surface area (Å²) in [4.78, 5) is 2.58. The molecule has 3 heterocycles. The molecule has 2 atom stereocenters. The van der Waals surface area contributed by atoms with Gasteiger partial charge in [0, 0.05) is 50.7 Å². The van der Waals surface area contributed by atoms with Gasteiger partial charge in [-0.3, -0.25) is 0 Å². The molecule has 2 unspecified atom stereocenters. The second-order valence-corrected chi connectivity index (χ2v) is 24.6. The Bertz CT molecular complexity index is 4240. The molecule has 16 rings (SSSR count). The summed E-state index contributed by atoms with van der Waals surface area (Å²) >= 11 is 0. The lowest BCUT2D eigenvalue weighted by molar-refractivity contribution is 0.417. The van der Waals surface area contributed by atoms with Crippen LogP contribution in [0.4, 0.5) is 17.1 Å². The fourth-order valence-electron chi connectivity index (χ4n) is 14.8. The molecule has 4 nitrogen and oxygen atoms in total. The van der Waals surface area contributed by atoms with Crippen LogP contribution in [0.15, 0.2) is 242 Å². The first-order valence-electron chi connectivity index (χ1n) is 28.3. The van der Waals surface area contributed by atoms with Crippen LogP contribution in [-0.2, 0) is 21.7 Å². The van der Waals surface area contributed by atoms with Gasteiger partial charge in [0.2, 0.25) is 0 Å². The molecule has 0 amide bonds.